The molecule has 2 aliphatic heterocycles. The van der Waals surface area contributed by atoms with Gasteiger partial charge in [-0.2, -0.15) is 0 Å². The lowest BCUT2D eigenvalue weighted by atomic mass is 9.80. The summed E-state index contributed by atoms with van der Waals surface area (Å²) in [4.78, 5) is 53.1. The second kappa shape index (κ2) is 7.57. The number of fused-ring (bicyclic) bond motifs is 2. The Morgan fingerprint density at radius 2 is 1.73 bits per heavy atom. The van der Waals surface area contributed by atoms with Crippen LogP contribution in [0.2, 0.25) is 5.02 Å². The first kappa shape index (κ1) is 20.1. The van der Waals surface area contributed by atoms with Crippen LogP contribution in [0.4, 0.5) is 5.69 Å². The normalized spacial score (nSPS) is 20.4. The van der Waals surface area contributed by atoms with Crippen molar-refractivity contribution in [3.8, 4) is 0 Å². The highest BCUT2D eigenvalue weighted by atomic mass is 35.5. The number of amides is 3. The molecule has 8 heteroatoms. The standard InChI is InChI=1S/C22H19ClN2O5/c23-15-8-9-16-17(11-15)24(10-4-7-19(27)28)20(29)22(16)12-18(26)25(21(22)30)13-14-5-2-1-3-6-14/h1-3,5-6,8-9,11H,4,7,10,12-13H2,(H,27,28). The molecule has 0 bridgehead atoms. The van der Waals surface area contributed by atoms with E-state index in [2.05, 4.69) is 0 Å². The van der Waals surface area contributed by atoms with Gasteiger partial charge in [-0.25, -0.2) is 0 Å². The molecular formula is C22H19ClN2O5. The van der Waals surface area contributed by atoms with Crippen LogP contribution in [-0.2, 0) is 31.1 Å². The number of aliphatic carboxylic acids is 1. The number of carbonyl (C=O) groups is 4. The van der Waals surface area contributed by atoms with Crippen LogP contribution in [0.5, 0.6) is 0 Å². The monoisotopic (exact) mass is 426 g/mol. The summed E-state index contributed by atoms with van der Waals surface area (Å²) in [7, 11) is 0. The van der Waals surface area contributed by atoms with Crippen molar-refractivity contribution in [3.63, 3.8) is 0 Å². The average molecular weight is 427 g/mol. The van der Waals surface area contributed by atoms with Gasteiger partial charge in [0.1, 0.15) is 0 Å². The van der Waals surface area contributed by atoms with Crippen molar-refractivity contribution in [1.29, 1.82) is 0 Å². The lowest BCUT2D eigenvalue weighted by molar-refractivity contribution is -0.142. The van der Waals surface area contributed by atoms with E-state index in [1.54, 1.807) is 18.2 Å². The van der Waals surface area contributed by atoms with Gasteiger partial charge in [0, 0.05) is 29.2 Å². The molecule has 2 aliphatic rings. The number of halogens is 1. The summed E-state index contributed by atoms with van der Waals surface area (Å²) in [5.41, 5.74) is 0.0766. The third kappa shape index (κ3) is 3.15. The summed E-state index contributed by atoms with van der Waals surface area (Å²) in [6.07, 6.45) is -0.139. The second-order valence-corrected chi connectivity index (χ2v) is 7.90. The van der Waals surface area contributed by atoms with Gasteiger partial charge in [-0.05, 0) is 24.1 Å². The molecule has 1 saturated heterocycles. The Morgan fingerprint density at radius 1 is 1.03 bits per heavy atom. The maximum absolute atomic E-state index is 13.5. The van der Waals surface area contributed by atoms with E-state index in [0.717, 1.165) is 10.5 Å². The van der Waals surface area contributed by atoms with Crippen LogP contribution in [0.1, 0.15) is 30.4 Å². The number of likely N-dealkylation sites (tertiary alicyclic amines) is 1. The highest BCUT2D eigenvalue weighted by Gasteiger charge is 2.63. The van der Waals surface area contributed by atoms with E-state index in [1.165, 1.54) is 4.90 Å². The zero-order valence-corrected chi connectivity index (χ0v) is 16.8. The first-order valence-corrected chi connectivity index (χ1v) is 9.95. The second-order valence-electron chi connectivity index (χ2n) is 7.47. The zero-order chi connectivity index (χ0) is 21.5. The van der Waals surface area contributed by atoms with E-state index in [9.17, 15) is 19.2 Å². The minimum Gasteiger partial charge on any atom is -0.481 e. The van der Waals surface area contributed by atoms with Gasteiger partial charge in [-0.1, -0.05) is 48.0 Å². The number of carboxylic acids is 1. The molecule has 3 amide bonds. The number of anilines is 1. The van der Waals surface area contributed by atoms with Gasteiger partial charge in [0.15, 0.2) is 5.41 Å². The lowest BCUT2D eigenvalue weighted by Crippen LogP contribution is -2.46. The predicted octanol–water partition coefficient (Wildman–Crippen LogP) is 2.75. The van der Waals surface area contributed by atoms with Crippen LogP contribution in [0.3, 0.4) is 0 Å². The molecular weight excluding hydrogens is 408 g/mol. The number of carboxylic acid groups (broad SMARTS) is 1. The van der Waals surface area contributed by atoms with E-state index < -0.39 is 29.1 Å². The topological polar surface area (TPSA) is 95.0 Å². The number of hydrogen-bond acceptors (Lipinski definition) is 4. The van der Waals surface area contributed by atoms with Gasteiger partial charge in [-0.15, -0.1) is 0 Å². The lowest BCUT2D eigenvalue weighted by Gasteiger charge is -2.22. The van der Waals surface area contributed by atoms with Crippen molar-refractivity contribution in [1.82, 2.24) is 4.90 Å². The Bertz CT molecular complexity index is 1050. The molecule has 0 radical (unpaired) electrons. The van der Waals surface area contributed by atoms with E-state index in [0.29, 0.717) is 16.3 Å². The Morgan fingerprint density at radius 3 is 2.43 bits per heavy atom. The third-order valence-electron chi connectivity index (χ3n) is 5.60. The number of imide groups is 1. The number of carbonyl (C=O) groups excluding carboxylic acids is 3. The molecule has 0 saturated carbocycles. The van der Waals surface area contributed by atoms with Crippen LogP contribution < -0.4 is 4.90 Å². The van der Waals surface area contributed by atoms with Gasteiger partial charge in [0.2, 0.25) is 17.7 Å². The predicted molar refractivity (Wildman–Crippen MR) is 109 cm³/mol. The summed E-state index contributed by atoms with van der Waals surface area (Å²) in [6.45, 7) is 0.218. The fourth-order valence-electron chi connectivity index (χ4n) is 4.20. The van der Waals surface area contributed by atoms with Crippen molar-refractivity contribution in [2.24, 2.45) is 0 Å². The number of hydrogen-bond donors (Lipinski definition) is 1. The van der Waals surface area contributed by atoms with Crippen LogP contribution in [0.15, 0.2) is 48.5 Å². The summed E-state index contributed by atoms with van der Waals surface area (Å²) in [5.74, 6) is -2.43. The van der Waals surface area contributed by atoms with Gasteiger partial charge in [0.25, 0.3) is 0 Å². The third-order valence-corrected chi connectivity index (χ3v) is 5.84. The van der Waals surface area contributed by atoms with E-state index in [4.69, 9.17) is 16.7 Å². The molecule has 1 unspecified atom stereocenters. The van der Waals surface area contributed by atoms with Crippen LogP contribution in [0, 0.1) is 0 Å². The Labute approximate surface area is 177 Å². The van der Waals surface area contributed by atoms with E-state index in [1.807, 2.05) is 30.3 Å². The fourth-order valence-corrected chi connectivity index (χ4v) is 4.37. The number of nitrogens with zero attached hydrogens (tertiary/aromatic N) is 2. The molecule has 2 aromatic carbocycles. The summed E-state index contributed by atoms with van der Waals surface area (Å²) in [5, 5.41) is 9.31. The molecule has 2 heterocycles. The molecule has 0 aromatic heterocycles. The van der Waals surface area contributed by atoms with Crippen LogP contribution in [-0.4, -0.2) is 40.2 Å². The molecule has 1 atom stereocenters. The van der Waals surface area contributed by atoms with Gasteiger partial charge in [0.05, 0.1) is 13.0 Å². The quantitative estimate of drug-likeness (QED) is 0.566. The van der Waals surface area contributed by atoms with Crippen molar-refractivity contribution in [2.45, 2.75) is 31.2 Å². The van der Waals surface area contributed by atoms with Crippen molar-refractivity contribution in [2.75, 3.05) is 11.4 Å². The Hall–Kier alpha value is -3.19. The summed E-state index contributed by atoms with van der Waals surface area (Å²) in [6, 6.07) is 13.9. The molecule has 7 nitrogen and oxygen atoms in total. The van der Waals surface area contributed by atoms with Crippen molar-refractivity contribution >= 4 is 41.0 Å². The first-order chi connectivity index (χ1) is 14.3. The molecule has 2 aromatic rings. The maximum atomic E-state index is 13.5. The molecule has 1 N–H and O–H groups in total. The van der Waals surface area contributed by atoms with Gasteiger partial charge < -0.3 is 10.0 Å². The smallest absolute Gasteiger partial charge is 0.303 e. The van der Waals surface area contributed by atoms with Crippen molar-refractivity contribution in [3.05, 3.63) is 64.7 Å². The van der Waals surface area contributed by atoms with Crippen LogP contribution >= 0.6 is 11.6 Å². The van der Waals surface area contributed by atoms with E-state index >= 15 is 0 Å². The van der Waals surface area contributed by atoms with E-state index in [-0.39, 0.29) is 32.4 Å². The van der Waals surface area contributed by atoms with Gasteiger partial charge >= 0.3 is 5.97 Å². The minimum atomic E-state index is -1.62. The first-order valence-electron chi connectivity index (χ1n) is 9.57. The summed E-state index contributed by atoms with van der Waals surface area (Å²) < 4.78 is 0. The molecule has 4 rings (SSSR count). The van der Waals surface area contributed by atoms with Gasteiger partial charge in [-0.3, -0.25) is 24.1 Å². The minimum absolute atomic E-state index is 0.0927. The molecule has 0 aliphatic carbocycles. The SMILES string of the molecule is O=C(O)CCCN1C(=O)C2(CC(=O)N(Cc3ccccc3)C2=O)c2ccc(Cl)cc21. The number of rotatable bonds is 6. The largest absolute Gasteiger partial charge is 0.481 e. The molecule has 30 heavy (non-hydrogen) atoms. The fraction of sp³-hybridized carbons (Fsp3) is 0.273. The molecule has 1 spiro atoms. The molecule has 154 valence electrons. The average Bonchev–Trinajstić information content (AvgIpc) is 3.09. The zero-order valence-electron chi connectivity index (χ0n) is 16.0. The van der Waals surface area contributed by atoms with Crippen molar-refractivity contribution < 1.29 is 24.3 Å². The maximum Gasteiger partial charge on any atom is 0.303 e. The number of benzene rings is 2. The summed E-state index contributed by atoms with van der Waals surface area (Å²) >= 11 is 6.12. The Kier molecular flexibility index (Phi) is 5.07. The Balaban J connectivity index is 1.71. The highest BCUT2D eigenvalue weighted by molar-refractivity contribution is 6.32. The van der Waals surface area contributed by atoms with Crippen LogP contribution in [0.25, 0.3) is 0 Å². The highest BCUT2D eigenvalue weighted by Crippen LogP contribution is 2.49. The molecule has 1 fully saturated rings.